The van der Waals surface area contributed by atoms with Gasteiger partial charge in [0.25, 0.3) is 5.91 Å². The van der Waals surface area contributed by atoms with Gasteiger partial charge in [-0.25, -0.2) is 0 Å². The Labute approximate surface area is 128 Å². The summed E-state index contributed by atoms with van der Waals surface area (Å²) < 4.78 is 5.77. The zero-order chi connectivity index (χ0) is 16.0. The molecular formula is C17H28N2O2. The normalized spacial score (nSPS) is 15.1. The van der Waals surface area contributed by atoms with E-state index in [0.717, 1.165) is 29.7 Å². The van der Waals surface area contributed by atoms with Gasteiger partial charge in [0.05, 0.1) is 0 Å². The Bertz CT molecular complexity index is 472. The Balaban J connectivity index is 2.66. The third-order valence-electron chi connectivity index (χ3n) is 3.51. The van der Waals surface area contributed by atoms with Crippen LogP contribution in [0.3, 0.4) is 0 Å². The lowest BCUT2D eigenvalue weighted by atomic mass is 10.1. The second-order valence-electron chi connectivity index (χ2n) is 5.77. The first-order valence-corrected chi connectivity index (χ1v) is 7.68. The first kappa shape index (κ1) is 17.5. The number of hydrogen-bond donors (Lipinski definition) is 2. The highest BCUT2D eigenvalue weighted by Gasteiger charge is 2.17. The molecule has 0 saturated heterocycles. The maximum absolute atomic E-state index is 12.1. The maximum Gasteiger partial charge on any atom is 0.260 e. The van der Waals surface area contributed by atoms with Gasteiger partial charge in [-0.15, -0.1) is 0 Å². The van der Waals surface area contributed by atoms with Crippen LogP contribution in [-0.2, 0) is 4.79 Å². The van der Waals surface area contributed by atoms with Crippen LogP contribution in [0.25, 0.3) is 0 Å². The van der Waals surface area contributed by atoms with Crippen molar-refractivity contribution >= 4 is 5.91 Å². The molecule has 0 spiro atoms. The number of hydrogen-bond acceptors (Lipinski definition) is 3. The van der Waals surface area contributed by atoms with Crippen molar-refractivity contribution in [1.29, 1.82) is 0 Å². The van der Waals surface area contributed by atoms with Crippen molar-refractivity contribution in [2.24, 2.45) is 5.73 Å². The lowest BCUT2D eigenvalue weighted by Gasteiger charge is -2.20. The Morgan fingerprint density at radius 1 is 1.33 bits per heavy atom. The molecule has 0 aliphatic carbocycles. The molecule has 0 aliphatic heterocycles. The summed E-state index contributed by atoms with van der Waals surface area (Å²) in [5.74, 6) is 0.650. The summed E-state index contributed by atoms with van der Waals surface area (Å²) in [5.41, 5.74) is 7.92. The minimum absolute atomic E-state index is 0.00614. The predicted octanol–water partition coefficient (Wildman–Crippen LogP) is 3.09. The van der Waals surface area contributed by atoms with Gasteiger partial charge >= 0.3 is 0 Å². The summed E-state index contributed by atoms with van der Waals surface area (Å²) in [5, 5.41) is 2.97. The van der Waals surface area contributed by atoms with Crippen molar-refractivity contribution in [2.45, 2.75) is 65.6 Å². The van der Waals surface area contributed by atoms with Crippen molar-refractivity contribution in [3.8, 4) is 5.75 Å². The molecule has 4 nitrogen and oxygen atoms in total. The lowest BCUT2D eigenvalue weighted by Crippen LogP contribution is -2.41. The van der Waals surface area contributed by atoms with Gasteiger partial charge in [0.15, 0.2) is 6.10 Å². The van der Waals surface area contributed by atoms with Gasteiger partial charge in [0.2, 0.25) is 0 Å². The molecule has 1 aromatic rings. The summed E-state index contributed by atoms with van der Waals surface area (Å²) in [6.45, 7) is 9.79. The van der Waals surface area contributed by atoms with E-state index in [1.54, 1.807) is 6.92 Å². The third kappa shape index (κ3) is 5.38. The highest BCUT2D eigenvalue weighted by Crippen LogP contribution is 2.22. The molecule has 0 radical (unpaired) electrons. The van der Waals surface area contributed by atoms with Crippen LogP contribution in [0.1, 0.15) is 57.7 Å². The number of rotatable bonds is 7. The van der Waals surface area contributed by atoms with Gasteiger partial charge in [-0.2, -0.15) is 0 Å². The highest BCUT2D eigenvalue weighted by molar-refractivity contribution is 5.81. The molecule has 118 valence electrons. The maximum atomic E-state index is 12.1. The topological polar surface area (TPSA) is 64.3 Å². The average molecular weight is 292 g/mol. The van der Waals surface area contributed by atoms with E-state index in [-0.39, 0.29) is 18.0 Å². The summed E-state index contributed by atoms with van der Waals surface area (Å²) in [4.78, 5) is 12.1. The van der Waals surface area contributed by atoms with E-state index in [9.17, 15) is 4.79 Å². The number of aryl methyl sites for hydroxylation is 1. The molecule has 1 rings (SSSR count). The van der Waals surface area contributed by atoms with E-state index in [1.807, 2.05) is 39.0 Å². The Morgan fingerprint density at radius 3 is 2.52 bits per heavy atom. The minimum atomic E-state index is -0.510. The Kier molecular flexibility index (Phi) is 6.69. The van der Waals surface area contributed by atoms with E-state index >= 15 is 0 Å². The number of carbonyl (C=O) groups excluding carboxylic acids is 1. The number of amides is 1. The SMILES string of the molecule is CCCC(C)NC(=O)C(C)Oc1ccc(C(C)N)cc1C. The number of nitrogens with two attached hydrogens (primary N) is 1. The number of nitrogens with one attached hydrogen (secondary N) is 1. The van der Waals surface area contributed by atoms with Crippen molar-refractivity contribution in [2.75, 3.05) is 0 Å². The van der Waals surface area contributed by atoms with E-state index in [2.05, 4.69) is 12.2 Å². The quantitative estimate of drug-likeness (QED) is 0.811. The van der Waals surface area contributed by atoms with E-state index in [0.29, 0.717) is 0 Å². The summed E-state index contributed by atoms with van der Waals surface area (Å²) in [7, 11) is 0. The first-order chi connectivity index (χ1) is 9.85. The molecule has 0 saturated carbocycles. The van der Waals surface area contributed by atoms with Gasteiger partial charge in [0.1, 0.15) is 5.75 Å². The second-order valence-corrected chi connectivity index (χ2v) is 5.77. The largest absolute Gasteiger partial charge is 0.481 e. The van der Waals surface area contributed by atoms with Crippen LogP contribution in [0, 0.1) is 6.92 Å². The fourth-order valence-electron chi connectivity index (χ4n) is 2.20. The van der Waals surface area contributed by atoms with Gasteiger partial charge in [-0.1, -0.05) is 25.5 Å². The van der Waals surface area contributed by atoms with Gasteiger partial charge < -0.3 is 15.8 Å². The lowest BCUT2D eigenvalue weighted by molar-refractivity contribution is -0.127. The molecule has 4 heteroatoms. The molecule has 3 atom stereocenters. The summed E-state index contributed by atoms with van der Waals surface area (Å²) in [6.07, 6.45) is 1.51. The molecular weight excluding hydrogens is 264 g/mol. The summed E-state index contributed by atoms with van der Waals surface area (Å²) >= 11 is 0. The summed E-state index contributed by atoms with van der Waals surface area (Å²) in [6, 6.07) is 6.00. The number of ether oxygens (including phenoxy) is 1. The van der Waals surface area contributed by atoms with Crippen molar-refractivity contribution in [3.63, 3.8) is 0 Å². The number of carbonyl (C=O) groups is 1. The smallest absolute Gasteiger partial charge is 0.260 e. The number of benzene rings is 1. The molecule has 3 N–H and O–H groups in total. The minimum Gasteiger partial charge on any atom is -0.481 e. The van der Waals surface area contributed by atoms with Crippen LogP contribution >= 0.6 is 0 Å². The molecule has 0 aromatic heterocycles. The van der Waals surface area contributed by atoms with Crippen LogP contribution < -0.4 is 15.8 Å². The van der Waals surface area contributed by atoms with Gasteiger partial charge in [0, 0.05) is 12.1 Å². The van der Waals surface area contributed by atoms with Crippen molar-refractivity contribution in [3.05, 3.63) is 29.3 Å². The molecule has 21 heavy (non-hydrogen) atoms. The zero-order valence-corrected chi connectivity index (χ0v) is 13.8. The molecule has 0 fully saturated rings. The van der Waals surface area contributed by atoms with Crippen molar-refractivity contribution in [1.82, 2.24) is 5.32 Å². The molecule has 0 bridgehead atoms. The van der Waals surface area contributed by atoms with Crippen LogP contribution in [0.2, 0.25) is 0 Å². The van der Waals surface area contributed by atoms with E-state index in [4.69, 9.17) is 10.5 Å². The van der Waals surface area contributed by atoms with Gasteiger partial charge in [-0.3, -0.25) is 4.79 Å². The van der Waals surface area contributed by atoms with E-state index in [1.165, 1.54) is 0 Å². The highest BCUT2D eigenvalue weighted by atomic mass is 16.5. The first-order valence-electron chi connectivity index (χ1n) is 7.68. The molecule has 1 amide bonds. The fraction of sp³-hybridized carbons (Fsp3) is 0.588. The van der Waals surface area contributed by atoms with Crippen LogP contribution in [0.15, 0.2) is 18.2 Å². The molecule has 3 unspecified atom stereocenters. The van der Waals surface area contributed by atoms with Crippen LogP contribution in [-0.4, -0.2) is 18.1 Å². The standard InChI is InChI=1S/C17H28N2O2/c1-6-7-12(3)19-17(20)14(5)21-16-9-8-15(13(4)18)10-11(16)2/h8-10,12-14H,6-7,18H2,1-5H3,(H,19,20). The van der Waals surface area contributed by atoms with Crippen molar-refractivity contribution < 1.29 is 9.53 Å². The fourth-order valence-corrected chi connectivity index (χ4v) is 2.20. The van der Waals surface area contributed by atoms with Crippen LogP contribution in [0.5, 0.6) is 5.75 Å². The molecule has 0 aliphatic rings. The average Bonchev–Trinajstić information content (AvgIpc) is 2.40. The molecule has 0 heterocycles. The van der Waals surface area contributed by atoms with Crippen LogP contribution in [0.4, 0.5) is 0 Å². The Morgan fingerprint density at radius 2 is 2.00 bits per heavy atom. The van der Waals surface area contributed by atoms with Gasteiger partial charge in [-0.05, 0) is 51.3 Å². The zero-order valence-electron chi connectivity index (χ0n) is 13.8. The Hall–Kier alpha value is -1.55. The van der Waals surface area contributed by atoms with E-state index < -0.39 is 6.10 Å². The molecule has 1 aromatic carbocycles. The third-order valence-corrected chi connectivity index (χ3v) is 3.51. The second kappa shape index (κ2) is 8.03. The predicted molar refractivity (Wildman–Crippen MR) is 86.4 cm³/mol. The monoisotopic (exact) mass is 292 g/mol.